The van der Waals surface area contributed by atoms with E-state index in [4.69, 9.17) is 14.2 Å². The molecule has 0 spiro atoms. The van der Waals surface area contributed by atoms with E-state index in [0.29, 0.717) is 19.3 Å². The molecule has 0 unspecified atom stereocenters. The average molecular weight is 793 g/mol. The Morgan fingerprint density at radius 1 is 0.304 bits per heavy atom. The van der Waals surface area contributed by atoms with E-state index in [2.05, 4.69) is 41.5 Å². The molecule has 6 heteroatoms. The van der Waals surface area contributed by atoms with Crippen molar-refractivity contribution in [2.45, 2.75) is 272 Å². The minimum atomic E-state index is -0.762. The Balaban J connectivity index is 4.34. The maximum absolute atomic E-state index is 12.7. The molecule has 0 N–H and O–H groups in total. The van der Waals surface area contributed by atoms with Gasteiger partial charge in [0.25, 0.3) is 0 Å². The van der Waals surface area contributed by atoms with E-state index in [-0.39, 0.29) is 31.1 Å². The lowest BCUT2D eigenvalue weighted by Crippen LogP contribution is -2.30. The van der Waals surface area contributed by atoms with Gasteiger partial charge in [0, 0.05) is 19.3 Å². The van der Waals surface area contributed by atoms with Crippen LogP contribution < -0.4 is 0 Å². The second-order valence-corrected chi connectivity index (χ2v) is 18.5. The van der Waals surface area contributed by atoms with E-state index in [1.165, 1.54) is 148 Å². The van der Waals surface area contributed by atoms with Crippen LogP contribution in [0.4, 0.5) is 0 Å². The van der Waals surface area contributed by atoms with Crippen molar-refractivity contribution >= 4 is 17.9 Å². The number of hydrogen-bond donors (Lipinski definition) is 0. The number of rotatable bonds is 43. The fourth-order valence-electron chi connectivity index (χ4n) is 7.41. The van der Waals surface area contributed by atoms with Crippen LogP contribution in [-0.2, 0) is 28.6 Å². The zero-order valence-electron chi connectivity index (χ0n) is 38.4. The van der Waals surface area contributed by atoms with E-state index < -0.39 is 6.10 Å². The third kappa shape index (κ3) is 43.5. The van der Waals surface area contributed by atoms with Crippen LogP contribution in [-0.4, -0.2) is 37.2 Å². The number of carbonyl (C=O) groups excluding carboxylic acids is 3. The normalized spacial score (nSPS) is 12.2. The SMILES string of the molecule is CC(C)CCCCCCCCCCCCC(=O)OC[C@@H](COC(=O)CCCCCCCCCCCC(C)C)OC(=O)CCCCCCCCCCCCC(C)C. The van der Waals surface area contributed by atoms with Crippen molar-refractivity contribution in [3.63, 3.8) is 0 Å². The highest BCUT2D eigenvalue weighted by atomic mass is 16.6. The Morgan fingerprint density at radius 3 is 0.768 bits per heavy atom. The average Bonchev–Trinajstić information content (AvgIpc) is 3.15. The van der Waals surface area contributed by atoms with E-state index >= 15 is 0 Å². The molecule has 0 aliphatic rings. The first-order valence-electron chi connectivity index (χ1n) is 24.6. The maximum Gasteiger partial charge on any atom is 0.306 e. The van der Waals surface area contributed by atoms with Crippen LogP contribution in [0, 0.1) is 17.8 Å². The topological polar surface area (TPSA) is 78.9 Å². The van der Waals surface area contributed by atoms with Crippen molar-refractivity contribution in [3.05, 3.63) is 0 Å². The highest BCUT2D eigenvalue weighted by molar-refractivity contribution is 5.71. The van der Waals surface area contributed by atoms with Crippen molar-refractivity contribution in [2.75, 3.05) is 13.2 Å². The summed E-state index contributed by atoms with van der Waals surface area (Å²) in [6.07, 6.45) is 39.5. The minimum absolute atomic E-state index is 0.0655. The van der Waals surface area contributed by atoms with Gasteiger partial charge in [-0.25, -0.2) is 0 Å². The summed E-state index contributed by atoms with van der Waals surface area (Å²) in [5.74, 6) is 1.59. The summed E-state index contributed by atoms with van der Waals surface area (Å²) in [6.45, 7) is 13.7. The van der Waals surface area contributed by atoms with E-state index in [1.807, 2.05) is 0 Å². The van der Waals surface area contributed by atoms with Gasteiger partial charge in [0.05, 0.1) is 0 Å². The first-order valence-corrected chi connectivity index (χ1v) is 24.6. The van der Waals surface area contributed by atoms with Crippen molar-refractivity contribution in [1.29, 1.82) is 0 Å². The summed E-state index contributed by atoms with van der Waals surface area (Å²) in [5, 5.41) is 0. The molecule has 0 aliphatic carbocycles. The monoisotopic (exact) mass is 793 g/mol. The third-order valence-corrected chi connectivity index (χ3v) is 11.1. The molecule has 0 saturated carbocycles. The summed E-state index contributed by atoms with van der Waals surface area (Å²) in [5.41, 5.74) is 0. The molecule has 1 atom stereocenters. The van der Waals surface area contributed by atoms with Crippen LogP contribution >= 0.6 is 0 Å². The molecule has 6 nitrogen and oxygen atoms in total. The van der Waals surface area contributed by atoms with Crippen LogP contribution in [0.5, 0.6) is 0 Å². The molecular formula is C50H96O6. The molecule has 0 saturated heterocycles. The first kappa shape index (κ1) is 54.4. The second-order valence-electron chi connectivity index (χ2n) is 18.5. The summed E-state index contributed by atoms with van der Waals surface area (Å²) >= 11 is 0. The lowest BCUT2D eigenvalue weighted by molar-refractivity contribution is -0.167. The Kier molecular flexibility index (Phi) is 40.4. The van der Waals surface area contributed by atoms with Crippen LogP contribution in [0.3, 0.4) is 0 Å². The zero-order chi connectivity index (χ0) is 41.3. The van der Waals surface area contributed by atoms with Crippen molar-refractivity contribution in [2.24, 2.45) is 17.8 Å². The third-order valence-electron chi connectivity index (χ3n) is 11.1. The Morgan fingerprint density at radius 2 is 0.518 bits per heavy atom. The fraction of sp³-hybridized carbons (Fsp3) is 0.940. The summed E-state index contributed by atoms with van der Waals surface area (Å²) in [6, 6.07) is 0. The molecule has 0 rings (SSSR count). The van der Waals surface area contributed by atoms with Gasteiger partial charge in [-0.1, -0.05) is 228 Å². The van der Waals surface area contributed by atoms with E-state index in [1.54, 1.807) is 0 Å². The Hall–Kier alpha value is -1.59. The molecule has 0 aliphatic heterocycles. The van der Waals surface area contributed by atoms with Gasteiger partial charge in [-0.15, -0.1) is 0 Å². The van der Waals surface area contributed by atoms with Gasteiger partial charge >= 0.3 is 17.9 Å². The van der Waals surface area contributed by atoms with Gasteiger partial charge in [-0.3, -0.25) is 14.4 Å². The van der Waals surface area contributed by atoms with Gasteiger partial charge < -0.3 is 14.2 Å². The highest BCUT2D eigenvalue weighted by Crippen LogP contribution is 2.17. The molecule has 332 valence electrons. The number of esters is 3. The van der Waals surface area contributed by atoms with E-state index in [0.717, 1.165) is 75.5 Å². The zero-order valence-corrected chi connectivity index (χ0v) is 38.4. The maximum atomic E-state index is 12.7. The second kappa shape index (κ2) is 41.6. The largest absolute Gasteiger partial charge is 0.462 e. The van der Waals surface area contributed by atoms with Crippen LogP contribution in [0.1, 0.15) is 266 Å². The lowest BCUT2D eigenvalue weighted by Gasteiger charge is -2.18. The molecule has 0 bridgehead atoms. The molecule has 0 amide bonds. The van der Waals surface area contributed by atoms with Gasteiger partial charge in [-0.2, -0.15) is 0 Å². The fourth-order valence-corrected chi connectivity index (χ4v) is 7.41. The molecule has 56 heavy (non-hydrogen) atoms. The van der Waals surface area contributed by atoms with Crippen LogP contribution in [0.2, 0.25) is 0 Å². The smallest absolute Gasteiger partial charge is 0.306 e. The number of carbonyl (C=O) groups is 3. The molecular weight excluding hydrogens is 697 g/mol. The minimum Gasteiger partial charge on any atom is -0.462 e. The molecule has 0 aromatic carbocycles. The van der Waals surface area contributed by atoms with Gasteiger partial charge in [0.2, 0.25) is 0 Å². The molecule has 0 aromatic rings. The predicted molar refractivity (Wildman–Crippen MR) is 238 cm³/mol. The van der Waals surface area contributed by atoms with Crippen molar-refractivity contribution in [3.8, 4) is 0 Å². The molecule has 0 fully saturated rings. The number of hydrogen-bond acceptors (Lipinski definition) is 6. The van der Waals surface area contributed by atoms with Crippen molar-refractivity contribution in [1.82, 2.24) is 0 Å². The van der Waals surface area contributed by atoms with Crippen LogP contribution in [0.25, 0.3) is 0 Å². The Labute approximate surface area is 348 Å². The number of ether oxygens (including phenoxy) is 3. The summed E-state index contributed by atoms with van der Waals surface area (Å²) in [7, 11) is 0. The molecule has 0 aromatic heterocycles. The van der Waals surface area contributed by atoms with E-state index in [9.17, 15) is 14.4 Å². The first-order chi connectivity index (χ1) is 27.1. The highest BCUT2D eigenvalue weighted by Gasteiger charge is 2.19. The summed E-state index contributed by atoms with van der Waals surface area (Å²) < 4.78 is 16.8. The van der Waals surface area contributed by atoms with Gasteiger partial charge in [0.1, 0.15) is 13.2 Å². The summed E-state index contributed by atoms with van der Waals surface area (Å²) in [4.78, 5) is 37.8. The molecule has 0 heterocycles. The lowest BCUT2D eigenvalue weighted by atomic mass is 10.0. The quantitative estimate of drug-likeness (QED) is 0.0348. The standard InChI is InChI=1S/C50H96O6/c1-44(2)36-30-24-18-12-7-9-15-21-27-33-39-48(51)54-42-47(43-55-49(52)40-34-28-22-17-11-14-20-26-32-38-46(5)6)56-50(53)41-35-29-23-16-10-8-13-19-25-31-37-45(3)4/h44-47H,7-43H2,1-6H3/t47-/m0/s1. The predicted octanol–water partition coefficient (Wildman–Crippen LogP) is 15.6. The Bertz CT molecular complexity index is 868. The van der Waals surface area contributed by atoms with Gasteiger partial charge in [0.15, 0.2) is 6.10 Å². The van der Waals surface area contributed by atoms with Crippen LogP contribution in [0.15, 0.2) is 0 Å². The number of unbranched alkanes of at least 4 members (excludes halogenated alkanes) is 26. The van der Waals surface area contributed by atoms with Crippen molar-refractivity contribution < 1.29 is 28.6 Å². The van der Waals surface area contributed by atoms with Gasteiger partial charge in [-0.05, 0) is 37.0 Å². The molecule has 0 radical (unpaired) electrons.